The van der Waals surface area contributed by atoms with E-state index in [4.69, 9.17) is 28.0 Å². The van der Waals surface area contributed by atoms with Gasteiger partial charge in [-0.1, -0.05) is 46.6 Å². The van der Waals surface area contributed by atoms with Gasteiger partial charge in [0.05, 0.1) is 21.2 Å². The van der Waals surface area contributed by atoms with Crippen LogP contribution in [0.3, 0.4) is 0 Å². The molecule has 2 rings (SSSR count). The van der Waals surface area contributed by atoms with Crippen molar-refractivity contribution in [2.24, 2.45) is 5.16 Å². The molecule has 0 fully saturated rings. The summed E-state index contributed by atoms with van der Waals surface area (Å²) in [6.45, 7) is 0.225. The van der Waals surface area contributed by atoms with Crippen molar-refractivity contribution >= 4 is 35.1 Å². The summed E-state index contributed by atoms with van der Waals surface area (Å²) in [5.41, 5.74) is 1.40. The highest BCUT2D eigenvalue weighted by Crippen LogP contribution is 2.22. The summed E-state index contributed by atoms with van der Waals surface area (Å²) in [5.74, 6) is 0. The molecule has 0 aromatic heterocycles. The average molecular weight is 325 g/mol. The fourth-order valence-electron chi connectivity index (χ4n) is 1.56. The van der Waals surface area contributed by atoms with E-state index in [9.17, 15) is 10.1 Å². The molecule has 0 aliphatic heterocycles. The molecule has 5 nitrogen and oxygen atoms in total. The third-order valence-electron chi connectivity index (χ3n) is 2.57. The molecular weight excluding hydrogens is 315 g/mol. The molecule has 0 aliphatic rings. The van der Waals surface area contributed by atoms with E-state index in [-0.39, 0.29) is 12.3 Å². The summed E-state index contributed by atoms with van der Waals surface area (Å²) >= 11 is 11.7. The fraction of sp³-hybridized carbons (Fsp3) is 0.0714. The molecule has 21 heavy (non-hydrogen) atoms. The maximum atomic E-state index is 10.6. The Morgan fingerprint density at radius 2 is 2.00 bits per heavy atom. The van der Waals surface area contributed by atoms with Gasteiger partial charge >= 0.3 is 0 Å². The van der Waals surface area contributed by atoms with E-state index in [0.717, 1.165) is 5.56 Å². The first-order valence-electron chi connectivity index (χ1n) is 5.90. The second-order valence-electron chi connectivity index (χ2n) is 4.11. The lowest BCUT2D eigenvalue weighted by Crippen LogP contribution is -1.91. The van der Waals surface area contributed by atoms with Gasteiger partial charge in [-0.25, -0.2) is 0 Å². The third-order valence-corrected chi connectivity index (χ3v) is 3.31. The van der Waals surface area contributed by atoms with Crippen molar-refractivity contribution in [3.8, 4) is 0 Å². The van der Waals surface area contributed by atoms with Gasteiger partial charge in [0.15, 0.2) is 0 Å². The second kappa shape index (κ2) is 7.06. The van der Waals surface area contributed by atoms with Crippen LogP contribution >= 0.6 is 23.2 Å². The topological polar surface area (TPSA) is 64.7 Å². The molecule has 0 atom stereocenters. The highest BCUT2D eigenvalue weighted by atomic mass is 35.5. The summed E-state index contributed by atoms with van der Waals surface area (Å²) in [4.78, 5) is 15.3. The Morgan fingerprint density at radius 1 is 1.19 bits per heavy atom. The minimum absolute atomic E-state index is 0.00318. The Kier molecular flexibility index (Phi) is 5.14. The van der Waals surface area contributed by atoms with Crippen molar-refractivity contribution in [1.82, 2.24) is 0 Å². The molecule has 0 amide bonds. The minimum Gasteiger partial charge on any atom is -0.391 e. The van der Waals surface area contributed by atoms with Crippen molar-refractivity contribution in [2.45, 2.75) is 6.61 Å². The molecule has 108 valence electrons. The van der Waals surface area contributed by atoms with E-state index in [2.05, 4.69) is 5.16 Å². The first kappa shape index (κ1) is 15.3. The number of rotatable bonds is 5. The number of nitro groups is 1. The Morgan fingerprint density at radius 3 is 2.71 bits per heavy atom. The van der Waals surface area contributed by atoms with Crippen LogP contribution in [0, 0.1) is 10.1 Å². The van der Waals surface area contributed by atoms with E-state index in [0.29, 0.717) is 15.6 Å². The zero-order valence-corrected chi connectivity index (χ0v) is 12.2. The zero-order chi connectivity index (χ0) is 15.2. The van der Waals surface area contributed by atoms with Gasteiger partial charge in [0.2, 0.25) is 0 Å². The molecule has 0 N–H and O–H groups in total. The van der Waals surface area contributed by atoms with Gasteiger partial charge < -0.3 is 4.84 Å². The van der Waals surface area contributed by atoms with Crippen LogP contribution in [0.1, 0.15) is 11.1 Å². The summed E-state index contributed by atoms with van der Waals surface area (Å²) in [5, 5.41) is 15.3. The van der Waals surface area contributed by atoms with Gasteiger partial charge in [0, 0.05) is 17.7 Å². The van der Waals surface area contributed by atoms with Gasteiger partial charge in [-0.2, -0.15) is 0 Å². The Balaban J connectivity index is 1.95. The molecule has 0 saturated carbocycles. The molecule has 2 aromatic carbocycles. The number of non-ortho nitro benzene ring substituents is 1. The maximum Gasteiger partial charge on any atom is 0.270 e. The molecule has 2 aromatic rings. The summed E-state index contributed by atoms with van der Waals surface area (Å²) in [6.07, 6.45) is 1.41. The third kappa shape index (κ3) is 4.44. The highest BCUT2D eigenvalue weighted by Gasteiger charge is 2.04. The van der Waals surface area contributed by atoms with E-state index < -0.39 is 4.92 Å². The van der Waals surface area contributed by atoms with Crippen LogP contribution in [-0.2, 0) is 11.4 Å². The van der Waals surface area contributed by atoms with Crippen LogP contribution in [0.2, 0.25) is 10.0 Å². The normalized spacial score (nSPS) is 10.8. The van der Waals surface area contributed by atoms with Crippen molar-refractivity contribution in [3.63, 3.8) is 0 Å². The lowest BCUT2D eigenvalue weighted by molar-refractivity contribution is -0.384. The van der Waals surface area contributed by atoms with E-state index >= 15 is 0 Å². The monoisotopic (exact) mass is 324 g/mol. The quantitative estimate of drug-likeness (QED) is 0.463. The van der Waals surface area contributed by atoms with Crippen molar-refractivity contribution in [1.29, 1.82) is 0 Å². The summed E-state index contributed by atoms with van der Waals surface area (Å²) in [7, 11) is 0. The second-order valence-corrected chi connectivity index (χ2v) is 4.92. The Bertz CT molecular complexity index is 690. The van der Waals surface area contributed by atoms with E-state index in [1.165, 1.54) is 18.3 Å². The fourth-order valence-corrected chi connectivity index (χ4v) is 1.88. The predicted molar refractivity (Wildman–Crippen MR) is 81.9 cm³/mol. The number of halogens is 2. The Labute approximate surface area is 130 Å². The van der Waals surface area contributed by atoms with Crippen LogP contribution in [0.4, 0.5) is 5.69 Å². The number of oxime groups is 1. The Hall–Kier alpha value is -2.11. The van der Waals surface area contributed by atoms with Gasteiger partial charge in [0.1, 0.15) is 6.61 Å². The van der Waals surface area contributed by atoms with Crippen LogP contribution in [-0.4, -0.2) is 11.1 Å². The van der Waals surface area contributed by atoms with E-state index in [1.54, 1.807) is 30.3 Å². The smallest absolute Gasteiger partial charge is 0.270 e. The molecule has 0 bridgehead atoms. The van der Waals surface area contributed by atoms with Gasteiger partial charge in [-0.15, -0.1) is 0 Å². The molecule has 0 heterocycles. The maximum absolute atomic E-state index is 10.6. The van der Waals surface area contributed by atoms with E-state index in [1.807, 2.05) is 0 Å². The molecule has 0 spiro atoms. The van der Waals surface area contributed by atoms with Crippen LogP contribution in [0.15, 0.2) is 47.6 Å². The summed E-state index contributed by atoms with van der Waals surface area (Å²) < 4.78 is 0. The zero-order valence-electron chi connectivity index (χ0n) is 10.7. The lowest BCUT2D eigenvalue weighted by atomic mass is 10.2. The van der Waals surface area contributed by atoms with Gasteiger partial charge in [0.25, 0.3) is 5.69 Å². The van der Waals surface area contributed by atoms with Crippen molar-refractivity contribution < 1.29 is 9.76 Å². The van der Waals surface area contributed by atoms with Gasteiger partial charge in [-0.3, -0.25) is 10.1 Å². The predicted octanol–water partition coefficient (Wildman–Crippen LogP) is 4.45. The van der Waals surface area contributed by atoms with Crippen LogP contribution in [0.5, 0.6) is 0 Å². The SMILES string of the molecule is O=[N+]([O-])c1cccc(C=NOCc2ccc(Cl)c(Cl)c2)c1. The largest absolute Gasteiger partial charge is 0.391 e. The number of nitrogens with zero attached hydrogens (tertiary/aromatic N) is 2. The standard InChI is InChI=1S/C14H10Cl2N2O3/c15-13-5-4-11(7-14(13)16)9-21-17-8-10-2-1-3-12(6-10)18(19)20/h1-8H,9H2. The molecule has 7 heteroatoms. The number of benzene rings is 2. The number of hydrogen-bond acceptors (Lipinski definition) is 4. The van der Waals surface area contributed by atoms with Crippen LogP contribution in [0.25, 0.3) is 0 Å². The van der Waals surface area contributed by atoms with Crippen molar-refractivity contribution in [3.05, 3.63) is 73.8 Å². The average Bonchev–Trinajstić information content (AvgIpc) is 2.47. The lowest BCUT2D eigenvalue weighted by Gasteiger charge is -2.01. The number of nitro benzene ring substituents is 1. The van der Waals surface area contributed by atoms with Crippen LogP contribution < -0.4 is 0 Å². The molecule has 0 saturated heterocycles. The number of hydrogen-bond donors (Lipinski definition) is 0. The van der Waals surface area contributed by atoms with Gasteiger partial charge in [-0.05, 0) is 17.7 Å². The molecular formula is C14H10Cl2N2O3. The molecule has 0 unspecified atom stereocenters. The van der Waals surface area contributed by atoms with Crippen molar-refractivity contribution in [2.75, 3.05) is 0 Å². The highest BCUT2D eigenvalue weighted by molar-refractivity contribution is 6.42. The molecule has 0 aliphatic carbocycles. The summed E-state index contributed by atoms with van der Waals surface area (Å²) in [6, 6.07) is 11.2. The molecule has 0 radical (unpaired) electrons. The first-order chi connectivity index (χ1) is 10.1. The first-order valence-corrected chi connectivity index (χ1v) is 6.65. The minimum atomic E-state index is -0.464.